The molecule has 1 amide bonds. The fraction of sp³-hybridized carbons (Fsp3) is 0.562. The number of benzene rings is 1. The maximum atomic E-state index is 12.3. The molecule has 2 N–H and O–H groups in total. The highest BCUT2D eigenvalue weighted by molar-refractivity contribution is 5.83. The van der Waals surface area contributed by atoms with Gasteiger partial charge in [0.1, 0.15) is 0 Å². The minimum absolute atomic E-state index is 0.102. The van der Waals surface area contributed by atoms with E-state index in [2.05, 4.69) is 0 Å². The van der Waals surface area contributed by atoms with Crippen LogP contribution in [0.3, 0.4) is 0 Å². The summed E-state index contributed by atoms with van der Waals surface area (Å²) in [6.07, 6.45) is 2.59. The Labute approximate surface area is 120 Å². The predicted molar refractivity (Wildman–Crippen MR) is 80.4 cm³/mol. The zero-order valence-corrected chi connectivity index (χ0v) is 12.3. The van der Waals surface area contributed by atoms with Gasteiger partial charge in [-0.15, -0.1) is 0 Å². The molecule has 0 saturated heterocycles. The highest BCUT2D eigenvalue weighted by atomic mass is 16.5. The van der Waals surface area contributed by atoms with Crippen molar-refractivity contribution in [3.63, 3.8) is 0 Å². The highest BCUT2D eigenvalue weighted by Crippen LogP contribution is 2.28. The Hall–Kier alpha value is -1.55. The van der Waals surface area contributed by atoms with Crippen molar-refractivity contribution in [3.8, 4) is 0 Å². The molecule has 0 heterocycles. The lowest BCUT2D eigenvalue weighted by molar-refractivity contribution is -0.131. The lowest BCUT2D eigenvalue weighted by Gasteiger charge is -2.21. The number of ether oxygens (including phenoxy) is 1. The molecule has 1 fully saturated rings. The summed E-state index contributed by atoms with van der Waals surface area (Å²) in [5.41, 5.74) is 7.41. The molecule has 1 atom stereocenters. The van der Waals surface area contributed by atoms with E-state index in [-0.39, 0.29) is 11.8 Å². The van der Waals surface area contributed by atoms with Crippen LogP contribution in [0.15, 0.2) is 24.3 Å². The third kappa shape index (κ3) is 4.23. The summed E-state index contributed by atoms with van der Waals surface area (Å²) in [7, 11) is 1.83. The van der Waals surface area contributed by atoms with Gasteiger partial charge in [0.05, 0.1) is 12.5 Å². The summed E-state index contributed by atoms with van der Waals surface area (Å²) in [4.78, 5) is 14.1. The SMILES string of the molecule is CC(C(=O)N(C)CCOCC1CC1)c1cccc(N)c1. The number of rotatable bonds is 7. The van der Waals surface area contributed by atoms with Gasteiger partial charge in [-0.05, 0) is 43.4 Å². The maximum Gasteiger partial charge on any atom is 0.229 e. The van der Waals surface area contributed by atoms with Crippen molar-refractivity contribution in [3.05, 3.63) is 29.8 Å². The lowest BCUT2D eigenvalue weighted by Crippen LogP contribution is -2.33. The van der Waals surface area contributed by atoms with Gasteiger partial charge in [-0.25, -0.2) is 0 Å². The monoisotopic (exact) mass is 276 g/mol. The lowest BCUT2D eigenvalue weighted by atomic mass is 9.99. The van der Waals surface area contributed by atoms with Crippen LogP contribution in [-0.4, -0.2) is 37.6 Å². The molecule has 1 aromatic rings. The second kappa shape index (κ2) is 6.75. The van der Waals surface area contributed by atoms with Gasteiger partial charge in [0.15, 0.2) is 0 Å². The second-order valence-electron chi connectivity index (χ2n) is 5.67. The molecular formula is C16H24N2O2. The molecule has 1 aromatic carbocycles. The number of likely N-dealkylation sites (N-methyl/N-ethyl adjacent to an activating group) is 1. The van der Waals surface area contributed by atoms with Crippen LogP contribution in [0.4, 0.5) is 5.69 Å². The summed E-state index contributed by atoms with van der Waals surface area (Å²) >= 11 is 0. The average molecular weight is 276 g/mol. The summed E-state index contributed by atoms with van der Waals surface area (Å²) < 4.78 is 5.57. The van der Waals surface area contributed by atoms with Crippen molar-refractivity contribution in [2.45, 2.75) is 25.7 Å². The summed E-state index contributed by atoms with van der Waals surface area (Å²) in [6.45, 7) is 4.01. The zero-order chi connectivity index (χ0) is 14.5. The molecule has 0 radical (unpaired) electrons. The molecule has 2 rings (SSSR count). The first kappa shape index (κ1) is 14.9. The van der Waals surface area contributed by atoms with Crippen LogP contribution >= 0.6 is 0 Å². The van der Waals surface area contributed by atoms with E-state index in [0.717, 1.165) is 18.1 Å². The van der Waals surface area contributed by atoms with E-state index in [1.807, 2.05) is 38.2 Å². The fourth-order valence-electron chi connectivity index (χ4n) is 2.15. The first-order valence-electron chi connectivity index (χ1n) is 7.26. The number of hydrogen-bond donors (Lipinski definition) is 1. The topological polar surface area (TPSA) is 55.6 Å². The first-order chi connectivity index (χ1) is 9.58. The molecule has 20 heavy (non-hydrogen) atoms. The molecule has 1 aliphatic carbocycles. The van der Waals surface area contributed by atoms with E-state index in [0.29, 0.717) is 18.8 Å². The number of anilines is 1. The van der Waals surface area contributed by atoms with Gasteiger partial charge < -0.3 is 15.4 Å². The molecule has 1 saturated carbocycles. The van der Waals surface area contributed by atoms with E-state index in [9.17, 15) is 4.79 Å². The van der Waals surface area contributed by atoms with Crippen LogP contribution < -0.4 is 5.73 Å². The summed E-state index contributed by atoms with van der Waals surface area (Å²) in [5, 5.41) is 0. The van der Waals surface area contributed by atoms with Gasteiger partial charge in [0.2, 0.25) is 5.91 Å². The Morgan fingerprint density at radius 2 is 2.25 bits per heavy atom. The van der Waals surface area contributed by atoms with Crippen molar-refractivity contribution in [1.29, 1.82) is 0 Å². The van der Waals surface area contributed by atoms with Gasteiger partial charge in [-0.3, -0.25) is 4.79 Å². The summed E-state index contributed by atoms with van der Waals surface area (Å²) in [5.74, 6) is 0.694. The largest absolute Gasteiger partial charge is 0.399 e. The third-order valence-corrected chi connectivity index (χ3v) is 3.78. The van der Waals surface area contributed by atoms with Crippen molar-refractivity contribution in [2.24, 2.45) is 5.92 Å². The Morgan fingerprint density at radius 1 is 1.50 bits per heavy atom. The van der Waals surface area contributed by atoms with Crippen LogP contribution in [0.2, 0.25) is 0 Å². The summed E-state index contributed by atoms with van der Waals surface area (Å²) in [6, 6.07) is 7.51. The number of nitrogen functional groups attached to an aromatic ring is 1. The van der Waals surface area contributed by atoms with Gasteiger partial charge in [-0.1, -0.05) is 12.1 Å². The first-order valence-corrected chi connectivity index (χ1v) is 7.26. The van der Waals surface area contributed by atoms with E-state index >= 15 is 0 Å². The molecule has 0 spiro atoms. The van der Waals surface area contributed by atoms with Gasteiger partial charge in [-0.2, -0.15) is 0 Å². The quantitative estimate of drug-likeness (QED) is 0.614. The van der Waals surface area contributed by atoms with Crippen LogP contribution in [0, 0.1) is 5.92 Å². The van der Waals surface area contributed by atoms with Crippen LogP contribution in [0.25, 0.3) is 0 Å². The highest BCUT2D eigenvalue weighted by Gasteiger charge is 2.22. The number of hydrogen-bond acceptors (Lipinski definition) is 3. The van der Waals surface area contributed by atoms with Crippen LogP contribution in [0.1, 0.15) is 31.2 Å². The van der Waals surface area contributed by atoms with Gasteiger partial charge in [0.25, 0.3) is 0 Å². The molecule has 0 aromatic heterocycles. The maximum absolute atomic E-state index is 12.3. The Bertz CT molecular complexity index is 458. The van der Waals surface area contributed by atoms with Crippen molar-refractivity contribution < 1.29 is 9.53 Å². The van der Waals surface area contributed by atoms with E-state index in [4.69, 9.17) is 10.5 Å². The predicted octanol–water partition coefficient (Wildman–Crippen LogP) is 2.26. The van der Waals surface area contributed by atoms with Crippen molar-refractivity contribution >= 4 is 11.6 Å². The molecular weight excluding hydrogens is 252 g/mol. The third-order valence-electron chi connectivity index (χ3n) is 3.78. The van der Waals surface area contributed by atoms with E-state index < -0.39 is 0 Å². The van der Waals surface area contributed by atoms with Crippen LogP contribution in [-0.2, 0) is 9.53 Å². The average Bonchev–Trinajstić information content (AvgIpc) is 3.26. The second-order valence-corrected chi connectivity index (χ2v) is 5.67. The van der Waals surface area contributed by atoms with E-state index in [1.165, 1.54) is 12.8 Å². The number of nitrogens with zero attached hydrogens (tertiary/aromatic N) is 1. The molecule has 1 unspecified atom stereocenters. The van der Waals surface area contributed by atoms with E-state index in [1.54, 1.807) is 4.90 Å². The number of nitrogens with two attached hydrogens (primary N) is 1. The Morgan fingerprint density at radius 3 is 2.90 bits per heavy atom. The number of carbonyl (C=O) groups excluding carboxylic acids is 1. The van der Waals surface area contributed by atoms with Gasteiger partial charge >= 0.3 is 0 Å². The normalized spacial score (nSPS) is 15.9. The number of carbonyl (C=O) groups is 1. The minimum atomic E-state index is -0.174. The van der Waals surface area contributed by atoms with Crippen molar-refractivity contribution in [2.75, 3.05) is 32.5 Å². The van der Waals surface area contributed by atoms with Gasteiger partial charge in [0, 0.05) is 25.9 Å². The minimum Gasteiger partial charge on any atom is -0.399 e. The standard InChI is InChI=1S/C16H24N2O2/c1-12(14-4-3-5-15(17)10-14)16(19)18(2)8-9-20-11-13-6-7-13/h3-5,10,12-13H,6-9,11,17H2,1-2H3. The number of amides is 1. The smallest absolute Gasteiger partial charge is 0.229 e. The molecule has 0 bridgehead atoms. The molecule has 0 aliphatic heterocycles. The van der Waals surface area contributed by atoms with Crippen molar-refractivity contribution in [1.82, 2.24) is 4.90 Å². The fourth-order valence-corrected chi connectivity index (χ4v) is 2.15. The molecule has 110 valence electrons. The Balaban J connectivity index is 1.78. The van der Waals surface area contributed by atoms with Crippen LogP contribution in [0.5, 0.6) is 0 Å². The molecule has 1 aliphatic rings. The zero-order valence-electron chi connectivity index (χ0n) is 12.3. The molecule has 4 heteroatoms. The molecule has 4 nitrogen and oxygen atoms in total. The Kier molecular flexibility index (Phi) is 5.01.